The van der Waals surface area contributed by atoms with Crippen LogP contribution in [0, 0.1) is 10.1 Å². The Hall–Kier alpha value is -2.15. The smallest absolute Gasteiger partial charge is 0.258 e. The molecule has 0 bridgehead atoms. The lowest BCUT2D eigenvalue weighted by Gasteiger charge is -2.07. The highest BCUT2D eigenvalue weighted by molar-refractivity contribution is 7.90. The molecule has 2 aromatic rings. The highest BCUT2D eigenvalue weighted by Gasteiger charge is 2.22. The van der Waals surface area contributed by atoms with E-state index in [2.05, 4.69) is 0 Å². The average molecular weight is 302 g/mol. The average Bonchev–Trinajstić information content (AvgIpc) is 2.47. The molecule has 0 amide bonds. The quantitative estimate of drug-likeness (QED) is 0.480. The molecule has 0 aliphatic rings. The summed E-state index contributed by atoms with van der Waals surface area (Å²) < 4.78 is 24.7. The van der Waals surface area contributed by atoms with Crippen LogP contribution in [0.3, 0.4) is 0 Å². The van der Waals surface area contributed by atoms with Crippen molar-refractivity contribution in [2.24, 2.45) is 0 Å². The van der Waals surface area contributed by atoms with Gasteiger partial charge in [-0.3, -0.25) is 10.1 Å². The van der Waals surface area contributed by atoms with E-state index in [9.17, 15) is 18.5 Å². The number of rotatable bonds is 5. The third-order valence-electron chi connectivity index (χ3n) is 3.08. The van der Waals surface area contributed by atoms with Crippen LogP contribution in [-0.4, -0.2) is 20.6 Å². The first kappa shape index (κ1) is 15.2. The fourth-order valence-electron chi connectivity index (χ4n) is 1.99. The van der Waals surface area contributed by atoms with E-state index in [0.29, 0.717) is 0 Å². The van der Waals surface area contributed by atoms with Crippen molar-refractivity contribution in [2.45, 2.75) is 17.5 Å². The van der Waals surface area contributed by atoms with Crippen LogP contribution in [-0.2, 0) is 15.6 Å². The normalized spacial score (nSPS) is 11.1. The minimum absolute atomic E-state index is 0.158. The Morgan fingerprint density at radius 3 is 2.38 bits per heavy atom. The number of sulfone groups is 1. The van der Waals surface area contributed by atoms with Crippen molar-refractivity contribution >= 4 is 28.3 Å². The third-order valence-corrected chi connectivity index (χ3v) is 4.76. The van der Waals surface area contributed by atoms with Crippen LogP contribution in [0.25, 0.3) is 0 Å². The first-order valence-electron chi connectivity index (χ1n) is 6.28. The molecule has 0 saturated heterocycles. The molecule has 0 heterocycles. The summed E-state index contributed by atoms with van der Waals surface area (Å²) in [6.07, 6.45) is 0. The fourth-order valence-corrected chi connectivity index (χ4v) is 3.37. The van der Waals surface area contributed by atoms with Crippen LogP contribution in [0.2, 0.25) is 6.82 Å². The van der Waals surface area contributed by atoms with Gasteiger partial charge in [0, 0.05) is 11.6 Å². The summed E-state index contributed by atoms with van der Waals surface area (Å²) in [5, 5.41) is 11.0. The van der Waals surface area contributed by atoms with E-state index in [0.717, 1.165) is 5.46 Å². The Balaban J connectivity index is 2.45. The molecule has 7 heteroatoms. The molecule has 21 heavy (non-hydrogen) atoms. The molecule has 0 fully saturated rings. The van der Waals surface area contributed by atoms with E-state index in [1.165, 1.54) is 18.2 Å². The van der Waals surface area contributed by atoms with Crippen molar-refractivity contribution in [3.05, 3.63) is 64.2 Å². The number of hydrogen-bond donors (Lipinski definition) is 0. The lowest BCUT2D eigenvalue weighted by molar-refractivity contribution is -0.385. The van der Waals surface area contributed by atoms with E-state index in [1.54, 1.807) is 44.4 Å². The van der Waals surface area contributed by atoms with Gasteiger partial charge in [0.05, 0.1) is 15.6 Å². The molecular weight excluding hydrogens is 289 g/mol. The minimum atomic E-state index is -3.61. The van der Waals surface area contributed by atoms with Crippen LogP contribution >= 0.6 is 0 Å². The predicted molar refractivity (Wildman–Crippen MR) is 81.7 cm³/mol. The maximum Gasteiger partial charge on any atom is 0.273 e. The van der Waals surface area contributed by atoms with E-state index < -0.39 is 20.5 Å². The van der Waals surface area contributed by atoms with Crippen LogP contribution in [0.4, 0.5) is 5.69 Å². The maximum atomic E-state index is 12.3. The van der Waals surface area contributed by atoms with Gasteiger partial charge in [0.15, 0.2) is 9.84 Å². The van der Waals surface area contributed by atoms with Crippen LogP contribution < -0.4 is 5.46 Å². The summed E-state index contributed by atoms with van der Waals surface area (Å²) in [7, 11) is -1.85. The highest BCUT2D eigenvalue weighted by atomic mass is 32.2. The minimum Gasteiger partial charge on any atom is -0.258 e. The molecule has 2 aromatic carbocycles. The van der Waals surface area contributed by atoms with Gasteiger partial charge in [0.1, 0.15) is 7.28 Å². The van der Waals surface area contributed by atoms with E-state index in [-0.39, 0.29) is 16.1 Å². The Labute approximate surface area is 123 Å². The summed E-state index contributed by atoms with van der Waals surface area (Å²) in [4.78, 5) is 10.6. The number of nitro groups is 1. The van der Waals surface area contributed by atoms with Crippen LogP contribution in [0.5, 0.6) is 0 Å². The summed E-state index contributed by atoms with van der Waals surface area (Å²) in [5.41, 5.74) is 0.762. The summed E-state index contributed by atoms with van der Waals surface area (Å²) in [6, 6.07) is 12.4. The topological polar surface area (TPSA) is 77.3 Å². The van der Waals surface area contributed by atoms with Crippen molar-refractivity contribution in [3.8, 4) is 0 Å². The van der Waals surface area contributed by atoms with E-state index >= 15 is 0 Å². The van der Waals surface area contributed by atoms with Gasteiger partial charge in [-0.15, -0.1) is 0 Å². The SMILES string of the molecule is C[B]c1ccc([N+](=O)[O-])c(CS(=O)(=O)c2ccccc2)c1. The first-order chi connectivity index (χ1) is 9.94. The monoisotopic (exact) mass is 302 g/mol. The Morgan fingerprint density at radius 1 is 1.14 bits per heavy atom. The van der Waals surface area contributed by atoms with Crippen molar-refractivity contribution in [2.75, 3.05) is 0 Å². The lowest BCUT2D eigenvalue weighted by atomic mass is 9.73. The van der Waals surface area contributed by atoms with Crippen LogP contribution in [0.15, 0.2) is 53.4 Å². The van der Waals surface area contributed by atoms with Gasteiger partial charge in [-0.05, 0) is 12.1 Å². The Kier molecular flexibility index (Phi) is 4.42. The summed E-state index contributed by atoms with van der Waals surface area (Å²) in [6.45, 7) is 1.79. The predicted octanol–water partition coefficient (Wildman–Crippen LogP) is 1.95. The standard InChI is InChI=1S/C14H13BNO4S/c1-15-12-7-8-14(16(17)18)11(9-12)10-21(19,20)13-5-3-2-4-6-13/h2-9H,10H2,1H3. The van der Waals surface area contributed by atoms with Crippen molar-refractivity contribution in [1.29, 1.82) is 0 Å². The van der Waals surface area contributed by atoms with Gasteiger partial charge in [-0.2, -0.15) is 0 Å². The zero-order valence-electron chi connectivity index (χ0n) is 11.4. The molecular formula is C14H13BNO4S. The first-order valence-corrected chi connectivity index (χ1v) is 7.94. The molecule has 2 rings (SSSR count). The van der Waals surface area contributed by atoms with Gasteiger partial charge >= 0.3 is 0 Å². The second-order valence-electron chi connectivity index (χ2n) is 4.51. The number of nitrogens with zero attached hydrogens (tertiary/aromatic N) is 1. The molecule has 0 spiro atoms. The molecule has 0 atom stereocenters. The maximum absolute atomic E-state index is 12.3. The molecule has 0 aromatic heterocycles. The molecule has 0 N–H and O–H groups in total. The second-order valence-corrected chi connectivity index (χ2v) is 6.50. The van der Waals surface area contributed by atoms with Gasteiger partial charge in [0.25, 0.3) is 5.69 Å². The molecule has 1 radical (unpaired) electrons. The molecule has 5 nitrogen and oxygen atoms in total. The Morgan fingerprint density at radius 2 is 1.81 bits per heavy atom. The van der Waals surface area contributed by atoms with Crippen molar-refractivity contribution in [3.63, 3.8) is 0 Å². The largest absolute Gasteiger partial charge is 0.273 e. The fraction of sp³-hybridized carbons (Fsp3) is 0.143. The Bertz CT molecular complexity index is 760. The van der Waals surface area contributed by atoms with E-state index in [4.69, 9.17) is 0 Å². The molecule has 0 unspecified atom stereocenters. The lowest BCUT2D eigenvalue weighted by Crippen LogP contribution is -2.14. The van der Waals surface area contributed by atoms with Crippen LogP contribution in [0.1, 0.15) is 5.56 Å². The molecule has 0 aliphatic carbocycles. The summed E-state index contributed by atoms with van der Waals surface area (Å²) >= 11 is 0. The molecule has 0 saturated carbocycles. The highest BCUT2D eigenvalue weighted by Crippen LogP contribution is 2.23. The second kappa shape index (κ2) is 6.09. The van der Waals surface area contributed by atoms with Gasteiger partial charge in [0.2, 0.25) is 0 Å². The molecule has 107 valence electrons. The van der Waals surface area contributed by atoms with Crippen molar-refractivity contribution < 1.29 is 13.3 Å². The number of nitro benzene ring substituents is 1. The zero-order valence-corrected chi connectivity index (χ0v) is 12.2. The van der Waals surface area contributed by atoms with Gasteiger partial charge < -0.3 is 0 Å². The molecule has 0 aliphatic heterocycles. The zero-order chi connectivity index (χ0) is 15.5. The van der Waals surface area contributed by atoms with Gasteiger partial charge in [-0.25, -0.2) is 8.42 Å². The van der Waals surface area contributed by atoms with E-state index in [1.807, 2.05) is 0 Å². The third kappa shape index (κ3) is 3.49. The van der Waals surface area contributed by atoms with Crippen molar-refractivity contribution in [1.82, 2.24) is 0 Å². The number of benzene rings is 2. The number of hydrogen-bond acceptors (Lipinski definition) is 4. The van der Waals surface area contributed by atoms with Gasteiger partial charge in [-0.1, -0.05) is 42.6 Å². The summed E-state index contributed by atoms with van der Waals surface area (Å²) in [5.74, 6) is -0.394.